The van der Waals surface area contributed by atoms with Crippen molar-refractivity contribution in [2.24, 2.45) is 0 Å². The van der Waals surface area contributed by atoms with Gasteiger partial charge >= 0.3 is 6.18 Å². The average molecular weight is 167 g/mol. The van der Waals surface area contributed by atoms with Crippen molar-refractivity contribution >= 4 is 5.78 Å². The largest absolute Gasteiger partial charge is 0.461 e. The van der Waals surface area contributed by atoms with Crippen LogP contribution in [0.25, 0.3) is 0 Å². The molecule has 0 aliphatic heterocycles. The van der Waals surface area contributed by atoms with Crippen molar-refractivity contribution in [1.82, 2.24) is 0 Å². The van der Waals surface area contributed by atoms with Crippen molar-refractivity contribution in [3.63, 3.8) is 0 Å². The van der Waals surface area contributed by atoms with Gasteiger partial charge in [0, 0.05) is 6.08 Å². The van der Waals surface area contributed by atoms with Crippen LogP contribution in [0.1, 0.15) is 0 Å². The van der Waals surface area contributed by atoms with Gasteiger partial charge in [-0.3, -0.25) is 4.79 Å². The predicted molar refractivity (Wildman–Crippen MR) is 31.5 cm³/mol. The molecule has 0 rings (SSSR count). The number of hydrogen-bond acceptors (Lipinski definition) is 2. The van der Waals surface area contributed by atoms with Gasteiger partial charge < -0.3 is 4.74 Å². The van der Waals surface area contributed by atoms with E-state index in [4.69, 9.17) is 0 Å². The molecule has 0 radical (unpaired) electrons. The summed E-state index contributed by atoms with van der Waals surface area (Å²) in [6.45, 7) is 3.17. The van der Waals surface area contributed by atoms with Crippen LogP contribution in [0.3, 0.4) is 0 Å². The van der Waals surface area contributed by atoms with E-state index in [9.17, 15) is 18.0 Å². The molecule has 0 aliphatic carbocycles. The molecule has 0 aromatic rings. The Hall–Kier alpha value is -1.13. The highest BCUT2D eigenvalue weighted by molar-refractivity contribution is 5.94. The van der Waals surface area contributed by atoms with Crippen LogP contribution in [0, 0.1) is 6.92 Å². The lowest BCUT2D eigenvalue weighted by molar-refractivity contribution is -0.165. The van der Waals surface area contributed by atoms with Gasteiger partial charge in [-0.15, -0.1) is 0 Å². The molecule has 0 heterocycles. The third-order valence-corrected chi connectivity index (χ3v) is 0.713. The van der Waals surface area contributed by atoms with Crippen LogP contribution in [0.5, 0.6) is 0 Å². The molecule has 0 unspecified atom stereocenters. The zero-order chi connectivity index (χ0) is 8.91. The molecule has 0 saturated carbocycles. The van der Waals surface area contributed by atoms with Crippen LogP contribution in [0.4, 0.5) is 13.2 Å². The standard InChI is InChI=1S/C6H6F3O2/c1-2-11-4-3-5(10)6(7,8)9/h3-4H,1-2H2/q+1/b4-3+. The van der Waals surface area contributed by atoms with Gasteiger partial charge in [0.1, 0.15) is 6.92 Å². The van der Waals surface area contributed by atoms with Crippen molar-refractivity contribution in [2.45, 2.75) is 6.18 Å². The molecule has 0 aliphatic rings. The van der Waals surface area contributed by atoms with Crippen molar-refractivity contribution in [3.05, 3.63) is 19.3 Å². The summed E-state index contributed by atoms with van der Waals surface area (Å²) in [5.41, 5.74) is 0. The van der Waals surface area contributed by atoms with E-state index in [0.29, 0.717) is 12.3 Å². The molecule has 11 heavy (non-hydrogen) atoms. The maximum atomic E-state index is 11.4. The molecule has 0 fully saturated rings. The molecule has 0 bridgehead atoms. The number of alkyl halides is 3. The maximum Gasteiger partial charge on any atom is 0.454 e. The zero-order valence-electron chi connectivity index (χ0n) is 5.52. The van der Waals surface area contributed by atoms with Crippen LogP contribution in [-0.4, -0.2) is 18.6 Å². The second-order valence-electron chi connectivity index (χ2n) is 1.54. The van der Waals surface area contributed by atoms with Crippen LogP contribution in [0.15, 0.2) is 12.3 Å². The van der Waals surface area contributed by atoms with Gasteiger partial charge in [0.25, 0.3) is 5.78 Å². The maximum absolute atomic E-state index is 11.4. The number of carbonyl (C=O) groups is 1. The second-order valence-corrected chi connectivity index (χ2v) is 1.54. The molecule has 0 saturated heterocycles. The van der Waals surface area contributed by atoms with E-state index in [1.165, 1.54) is 0 Å². The molecule has 0 aromatic carbocycles. The van der Waals surface area contributed by atoms with Crippen molar-refractivity contribution < 1.29 is 22.7 Å². The summed E-state index contributed by atoms with van der Waals surface area (Å²) < 4.78 is 38.5. The van der Waals surface area contributed by atoms with Gasteiger partial charge in [-0.2, -0.15) is 13.2 Å². The van der Waals surface area contributed by atoms with E-state index in [2.05, 4.69) is 11.7 Å². The Bertz CT molecular complexity index is 160. The Kier molecular flexibility index (Phi) is 3.50. The number of ketones is 1. The Balaban J connectivity index is 3.88. The van der Waals surface area contributed by atoms with Gasteiger partial charge in [-0.1, -0.05) is 0 Å². The van der Waals surface area contributed by atoms with E-state index < -0.39 is 12.0 Å². The quantitative estimate of drug-likeness (QED) is 0.361. The normalized spacial score (nSPS) is 11.9. The Morgan fingerprint density at radius 3 is 2.45 bits per heavy atom. The SMILES string of the molecule is [CH2+]CO/C=C/C(=O)C(F)(F)F. The molecule has 0 N–H and O–H groups in total. The molecule has 0 atom stereocenters. The monoisotopic (exact) mass is 167 g/mol. The smallest absolute Gasteiger partial charge is 0.454 e. The fourth-order valence-corrected chi connectivity index (χ4v) is 0.272. The lowest BCUT2D eigenvalue weighted by atomic mass is 10.4. The topological polar surface area (TPSA) is 26.3 Å². The summed E-state index contributed by atoms with van der Waals surface area (Å²) >= 11 is 0. The molecule has 2 nitrogen and oxygen atoms in total. The van der Waals surface area contributed by atoms with Gasteiger partial charge in [-0.25, -0.2) is 0 Å². The predicted octanol–water partition coefficient (Wildman–Crippen LogP) is 1.48. The summed E-state index contributed by atoms with van der Waals surface area (Å²) in [5, 5.41) is 0. The first kappa shape index (κ1) is 9.87. The lowest BCUT2D eigenvalue weighted by Gasteiger charge is -1.98. The molecular formula is C6H6F3O2+. The summed E-state index contributed by atoms with van der Waals surface area (Å²) in [4.78, 5) is 10.0. The van der Waals surface area contributed by atoms with Crippen molar-refractivity contribution in [3.8, 4) is 0 Å². The third kappa shape index (κ3) is 4.30. The van der Waals surface area contributed by atoms with Crippen molar-refractivity contribution in [1.29, 1.82) is 0 Å². The summed E-state index contributed by atoms with van der Waals surface area (Å²) in [6.07, 6.45) is -3.84. The molecular weight excluding hydrogens is 161 g/mol. The van der Waals surface area contributed by atoms with Gasteiger partial charge in [0.2, 0.25) is 6.61 Å². The van der Waals surface area contributed by atoms with Crippen LogP contribution >= 0.6 is 0 Å². The number of allylic oxidation sites excluding steroid dienone is 1. The average Bonchev–Trinajstić information content (AvgIpc) is 1.86. The first-order valence-electron chi connectivity index (χ1n) is 2.67. The Morgan fingerprint density at radius 2 is 2.09 bits per heavy atom. The number of rotatable bonds is 3. The van der Waals surface area contributed by atoms with Gasteiger partial charge in [-0.05, 0) is 0 Å². The molecule has 0 amide bonds. The number of halogens is 3. The number of carbonyl (C=O) groups excluding carboxylic acids is 1. The highest BCUT2D eigenvalue weighted by Gasteiger charge is 2.36. The summed E-state index contributed by atoms with van der Waals surface area (Å²) in [5.74, 6) is -1.94. The number of hydrogen-bond donors (Lipinski definition) is 0. The van der Waals surface area contributed by atoms with E-state index in [-0.39, 0.29) is 6.61 Å². The van der Waals surface area contributed by atoms with Crippen molar-refractivity contribution in [2.75, 3.05) is 6.61 Å². The third-order valence-electron chi connectivity index (χ3n) is 0.713. The highest BCUT2D eigenvalue weighted by Crippen LogP contribution is 2.16. The summed E-state index contributed by atoms with van der Waals surface area (Å²) in [7, 11) is 0. The minimum Gasteiger partial charge on any atom is -0.461 e. The van der Waals surface area contributed by atoms with Gasteiger partial charge in [0.05, 0.1) is 6.26 Å². The fourth-order valence-electron chi connectivity index (χ4n) is 0.272. The minimum atomic E-state index is -4.82. The second kappa shape index (κ2) is 3.90. The van der Waals surface area contributed by atoms with Crippen LogP contribution in [-0.2, 0) is 9.53 Å². The number of ether oxygens (including phenoxy) is 1. The molecule has 62 valence electrons. The van der Waals surface area contributed by atoms with E-state index >= 15 is 0 Å². The molecule has 5 heteroatoms. The van der Waals surface area contributed by atoms with E-state index in [1.54, 1.807) is 0 Å². The fraction of sp³-hybridized carbons (Fsp3) is 0.333. The Labute approximate surface area is 61.6 Å². The highest BCUT2D eigenvalue weighted by atomic mass is 19.4. The van der Waals surface area contributed by atoms with E-state index in [1.807, 2.05) is 0 Å². The Morgan fingerprint density at radius 1 is 1.55 bits per heavy atom. The minimum absolute atomic E-state index is 0.0123. The van der Waals surface area contributed by atoms with E-state index in [0.717, 1.165) is 0 Å². The zero-order valence-corrected chi connectivity index (χ0v) is 5.52. The first-order valence-corrected chi connectivity index (χ1v) is 2.67. The van der Waals surface area contributed by atoms with Gasteiger partial charge in [0.15, 0.2) is 0 Å². The molecule has 0 aromatic heterocycles. The van der Waals surface area contributed by atoms with Crippen LogP contribution < -0.4 is 0 Å². The first-order chi connectivity index (χ1) is 4.98. The molecule has 0 spiro atoms. The summed E-state index contributed by atoms with van der Waals surface area (Å²) in [6, 6.07) is 0. The van der Waals surface area contributed by atoms with Crippen LogP contribution in [0.2, 0.25) is 0 Å². The lowest BCUT2D eigenvalue weighted by Crippen LogP contribution is -2.19.